The van der Waals surface area contributed by atoms with Crippen LogP contribution in [0.2, 0.25) is 0 Å². The number of nitrogens with two attached hydrogens (primary N) is 1. The number of amides is 1. The third kappa shape index (κ3) is 3.21. The number of para-hydroxylation sites is 1. The van der Waals surface area contributed by atoms with Crippen molar-refractivity contribution in [1.29, 1.82) is 0 Å². The number of nitrogens with zero attached hydrogens (tertiary/aromatic N) is 2. The van der Waals surface area contributed by atoms with E-state index >= 15 is 0 Å². The standard InChI is InChI=1S/C11H12N4OS2/c1-7-3-2-4-8(12)10(7)14-9(16)5-17-11-15-13-6-18-11/h2-4,6H,5,12H2,1H3,(H,14,16). The van der Waals surface area contributed by atoms with E-state index in [1.165, 1.54) is 23.1 Å². The Balaban J connectivity index is 1.95. The molecule has 0 saturated heterocycles. The van der Waals surface area contributed by atoms with Crippen LogP contribution in [0, 0.1) is 6.92 Å². The van der Waals surface area contributed by atoms with Crippen LogP contribution in [0.1, 0.15) is 5.56 Å². The molecule has 2 aromatic rings. The van der Waals surface area contributed by atoms with Gasteiger partial charge in [0.15, 0.2) is 4.34 Å². The molecule has 0 bridgehead atoms. The number of carbonyl (C=O) groups is 1. The maximum absolute atomic E-state index is 11.8. The van der Waals surface area contributed by atoms with E-state index in [1.54, 1.807) is 11.6 Å². The summed E-state index contributed by atoms with van der Waals surface area (Å²) in [6.07, 6.45) is 0. The van der Waals surface area contributed by atoms with Crippen molar-refractivity contribution in [3.05, 3.63) is 29.3 Å². The first-order chi connectivity index (χ1) is 8.66. The Labute approximate surface area is 113 Å². The molecule has 3 N–H and O–H groups in total. The number of aryl methyl sites for hydroxylation is 1. The number of anilines is 2. The average Bonchev–Trinajstić information content (AvgIpc) is 2.84. The van der Waals surface area contributed by atoms with Crippen LogP contribution in [0.15, 0.2) is 28.0 Å². The van der Waals surface area contributed by atoms with Crippen LogP contribution in [-0.2, 0) is 4.79 Å². The van der Waals surface area contributed by atoms with Gasteiger partial charge in [0.25, 0.3) is 0 Å². The smallest absolute Gasteiger partial charge is 0.234 e. The third-order valence-corrected chi connectivity index (χ3v) is 4.10. The molecular formula is C11H12N4OS2. The van der Waals surface area contributed by atoms with Gasteiger partial charge < -0.3 is 11.1 Å². The normalized spacial score (nSPS) is 10.3. The maximum atomic E-state index is 11.8. The van der Waals surface area contributed by atoms with Gasteiger partial charge in [-0.25, -0.2) is 0 Å². The molecule has 1 aromatic carbocycles. The molecule has 0 fully saturated rings. The molecule has 1 amide bonds. The molecule has 2 rings (SSSR count). The van der Waals surface area contributed by atoms with Crippen molar-refractivity contribution in [2.45, 2.75) is 11.3 Å². The molecule has 0 aliphatic carbocycles. The molecule has 0 radical (unpaired) electrons. The summed E-state index contributed by atoms with van der Waals surface area (Å²) < 4.78 is 0.780. The van der Waals surface area contributed by atoms with Crippen LogP contribution >= 0.6 is 23.1 Å². The minimum atomic E-state index is -0.101. The Hall–Kier alpha value is -1.60. The number of aromatic nitrogens is 2. The Morgan fingerprint density at radius 2 is 2.39 bits per heavy atom. The van der Waals surface area contributed by atoms with Crippen LogP contribution in [0.5, 0.6) is 0 Å². The van der Waals surface area contributed by atoms with Crippen molar-refractivity contribution in [2.75, 3.05) is 16.8 Å². The number of nitrogen functional groups attached to an aromatic ring is 1. The van der Waals surface area contributed by atoms with Crippen molar-refractivity contribution in [1.82, 2.24) is 10.2 Å². The highest BCUT2D eigenvalue weighted by atomic mass is 32.2. The molecule has 0 atom stereocenters. The predicted octanol–water partition coefficient (Wildman–Crippen LogP) is 2.16. The lowest BCUT2D eigenvalue weighted by molar-refractivity contribution is -0.113. The van der Waals surface area contributed by atoms with Gasteiger partial charge in [-0.05, 0) is 18.6 Å². The minimum Gasteiger partial charge on any atom is -0.397 e. The molecule has 1 aromatic heterocycles. The monoisotopic (exact) mass is 280 g/mol. The van der Waals surface area contributed by atoms with E-state index in [0.717, 1.165) is 9.90 Å². The summed E-state index contributed by atoms with van der Waals surface area (Å²) in [4.78, 5) is 11.8. The Morgan fingerprint density at radius 3 is 3.06 bits per heavy atom. The molecule has 7 heteroatoms. The Morgan fingerprint density at radius 1 is 1.56 bits per heavy atom. The van der Waals surface area contributed by atoms with Gasteiger partial charge in [0.1, 0.15) is 5.51 Å². The second-order valence-corrected chi connectivity index (χ2v) is 5.64. The van der Waals surface area contributed by atoms with Crippen LogP contribution in [0.3, 0.4) is 0 Å². The van der Waals surface area contributed by atoms with E-state index in [-0.39, 0.29) is 5.91 Å². The summed E-state index contributed by atoms with van der Waals surface area (Å²) >= 11 is 2.77. The second-order valence-electron chi connectivity index (χ2n) is 3.58. The molecule has 0 aliphatic heterocycles. The first kappa shape index (κ1) is 12.8. The average molecular weight is 280 g/mol. The molecule has 0 unspecified atom stereocenters. The highest BCUT2D eigenvalue weighted by Crippen LogP contribution is 2.24. The topological polar surface area (TPSA) is 80.9 Å². The fourth-order valence-corrected chi connectivity index (χ4v) is 2.68. The predicted molar refractivity (Wildman–Crippen MR) is 74.9 cm³/mol. The van der Waals surface area contributed by atoms with Crippen molar-refractivity contribution in [3.8, 4) is 0 Å². The molecule has 1 heterocycles. The minimum absolute atomic E-state index is 0.101. The number of nitrogens with one attached hydrogen (secondary N) is 1. The molecule has 0 saturated carbocycles. The molecule has 0 spiro atoms. The fourth-order valence-electron chi connectivity index (χ4n) is 1.39. The largest absolute Gasteiger partial charge is 0.397 e. The van der Waals surface area contributed by atoms with Crippen molar-refractivity contribution in [3.63, 3.8) is 0 Å². The van der Waals surface area contributed by atoms with E-state index in [0.29, 0.717) is 17.1 Å². The van der Waals surface area contributed by atoms with Crippen LogP contribution in [0.25, 0.3) is 0 Å². The second kappa shape index (κ2) is 5.83. The summed E-state index contributed by atoms with van der Waals surface area (Å²) in [5.74, 6) is 0.194. The summed E-state index contributed by atoms with van der Waals surface area (Å²) in [5.41, 5.74) is 9.66. The lowest BCUT2D eigenvalue weighted by Crippen LogP contribution is -2.16. The fraction of sp³-hybridized carbons (Fsp3) is 0.182. The summed E-state index contributed by atoms with van der Waals surface area (Å²) in [5, 5.41) is 10.4. The molecule has 18 heavy (non-hydrogen) atoms. The number of hydrogen-bond donors (Lipinski definition) is 2. The van der Waals surface area contributed by atoms with Gasteiger partial charge in [0, 0.05) is 0 Å². The van der Waals surface area contributed by atoms with Gasteiger partial charge in [-0.2, -0.15) is 0 Å². The van der Waals surface area contributed by atoms with Crippen molar-refractivity contribution in [2.24, 2.45) is 0 Å². The highest BCUT2D eigenvalue weighted by Gasteiger charge is 2.09. The van der Waals surface area contributed by atoms with E-state index < -0.39 is 0 Å². The van der Waals surface area contributed by atoms with Crippen LogP contribution < -0.4 is 11.1 Å². The lowest BCUT2D eigenvalue weighted by atomic mass is 10.1. The maximum Gasteiger partial charge on any atom is 0.234 e. The summed E-state index contributed by atoms with van der Waals surface area (Å²) in [7, 11) is 0. The van der Waals surface area contributed by atoms with E-state index in [2.05, 4.69) is 15.5 Å². The van der Waals surface area contributed by atoms with Gasteiger partial charge in [0.05, 0.1) is 17.1 Å². The first-order valence-electron chi connectivity index (χ1n) is 5.20. The van der Waals surface area contributed by atoms with Crippen LogP contribution in [0.4, 0.5) is 11.4 Å². The molecular weight excluding hydrogens is 268 g/mol. The van der Waals surface area contributed by atoms with Gasteiger partial charge in [-0.15, -0.1) is 10.2 Å². The summed E-state index contributed by atoms with van der Waals surface area (Å²) in [6.45, 7) is 1.91. The zero-order valence-electron chi connectivity index (χ0n) is 9.71. The zero-order valence-corrected chi connectivity index (χ0v) is 11.3. The third-order valence-electron chi connectivity index (χ3n) is 2.24. The molecule has 94 valence electrons. The summed E-state index contributed by atoms with van der Waals surface area (Å²) in [6, 6.07) is 5.53. The lowest BCUT2D eigenvalue weighted by Gasteiger charge is -2.10. The Bertz CT molecular complexity index is 522. The molecule has 0 aliphatic rings. The molecule has 5 nitrogen and oxygen atoms in total. The van der Waals surface area contributed by atoms with E-state index in [1.807, 2.05) is 19.1 Å². The van der Waals surface area contributed by atoms with E-state index in [4.69, 9.17) is 5.73 Å². The number of hydrogen-bond acceptors (Lipinski definition) is 6. The SMILES string of the molecule is Cc1cccc(N)c1NC(=O)CSc1nncs1. The van der Waals surface area contributed by atoms with Gasteiger partial charge >= 0.3 is 0 Å². The van der Waals surface area contributed by atoms with Crippen LogP contribution in [-0.4, -0.2) is 21.9 Å². The van der Waals surface area contributed by atoms with Crippen molar-refractivity contribution < 1.29 is 4.79 Å². The number of carbonyl (C=O) groups excluding carboxylic acids is 1. The van der Waals surface area contributed by atoms with Gasteiger partial charge in [0.2, 0.25) is 5.91 Å². The quantitative estimate of drug-likeness (QED) is 0.662. The zero-order chi connectivity index (χ0) is 13.0. The number of thioether (sulfide) groups is 1. The van der Waals surface area contributed by atoms with Gasteiger partial charge in [-0.3, -0.25) is 4.79 Å². The first-order valence-corrected chi connectivity index (χ1v) is 7.07. The van der Waals surface area contributed by atoms with Gasteiger partial charge in [-0.1, -0.05) is 35.2 Å². The van der Waals surface area contributed by atoms with E-state index in [9.17, 15) is 4.79 Å². The number of benzene rings is 1. The number of rotatable bonds is 4. The highest BCUT2D eigenvalue weighted by molar-refractivity contribution is 8.01. The Kier molecular flexibility index (Phi) is 4.16. The van der Waals surface area contributed by atoms with Crippen molar-refractivity contribution >= 4 is 40.4 Å².